The van der Waals surface area contributed by atoms with Gasteiger partial charge in [-0.15, -0.1) is 0 Å². The van der Waals surface area contributed by atoms with E-state index in [1.807, 2.05) is 24.3 Å². The van der Waals surface area contributed by atoms with E-state index in [9.17, 15) is 4.79 Å². The van der Waals surface area contributed by atoms with Crippen molar-refractivity contribution in [3.63, 3.8) is 0 Å². The average Bonchev–Trinajstić information content (AvgIpc) is 2.99. The van der Waals surface area contributed by atoms with Gasteiger partial charge in [0.1, 0.15) is 11.8 Å². The third-order valence-electron chi connectivity index (χ3n) is 3.14. The van der Waals surface area contributed by atoms with E-state index in [1.165, 1.54) is 0 Å². The highest BCUT2D eigenvalue weighted by molar-refractivity contribution is 6.31. The van der Waals surface area contributed by atoms with Crippen LogP contribution in [0.15, 0.2) is 41.0 Å². The van der Waals surface area contributed by atoms with Gasteiger partial charge in [0, 0.05) is 29.2 Å². The summed E-state index contributed by atoms with van der Waals surface area (Å²) in [5.74, 6) is 0.855. The Morgan fingerprint density at radius 3 is 3.05 bits per heavy atom. The Hall–Kier alpha value is -1.78. The minimum Gasteiger partial charge on any atom is -0.469 e. The maximum atomic E-state index is 11.9. The number of carbonyl (C=O) groups is 1. The Bertz CT molecular complexity index is 595. The molecule has 3 rings (SSSR count). The first-order valence-corrected chi connectivity index (χ1v) is 6.48. The summed E-state index contributed by atoms with van der Waals surface area (Å²) in [6.45, 7) is 0.664. The second-order valence-electron chi connectivity index (χ2n) is 4.44. The minimum atomic E-state index is -0.344. The van der Waals surface area contributed by atoms with Gasteiger partial charge >= 0.3 is 0 Å². The van der Waals surface area contributed by atoms with Crippen molar-refractivity contribution in [2.24, 2.45) is 0 Å². The molecular formula is C14H13ClN2O2. The Morgan fingerprint density at radius 2 is 2.26 bits per heavy atom. The van der Waals surface area contributed by atoms with Gasteiger partial charge in [0.15, 0.2) is 0 Å². The summed E-state index contributed by atoms with van der Waals surface area (Å²) in [5.41, 5.74) is 1.72. The maximum Gasteiger partial charge on any atom is 0.246 e. The quantitative estimate of drug-likeness (QED) is 0.903. The lowest BCUT2D eigenvalue weighted by Gasteiger charge is -2.10. The summed E-state index contributed by atoms with van der Waals surface area (Å²) < 4.78 is 5.25. The van der Waals surface area contributed by atoms with Gasteiger partial charge in [0.05, 0.1) is 6.26 Å². The topological polar surface area (TPSA) is 54.3 Å². The van der Waals surface area contributed by atoms with Gasteiger partial charge in [-0.05, 0) is 30.3 Å². The van der Waals surface area contributed by atoms with Gasteiger partial charge in [-0.1, -0.05) is 11.6 Å². The summed E-state index contributed by atoms with van der Waals surface area (Å²) >= 11 is 5.97. The molecule has 1 unspecified atom stereocenters. The lowest BCUT2D eigenvalue weighted by molar-refractivity contribution is -0.117. The van der Waals surface area contributed by atoms with E-state index in [2.05, 4.69) is 10.6 Å². The van der Waals surface area contributed by atoms with Crippen LogP contribution in [0.3, 0.4) is 0 Å². The molecule has 2 heterocycles. The number of nitrogens with one attached hydrogen (secondary N) is 2. The first-order chi connectivity index (χ1) is 9.24. The Kier molecular flexibility index (Phi) is 3.27. The molecule has 0 bridgehead atoms. The number of hydrogen-bond acceptors (Lipinski definition) is 3. The molecule has 1 atom stereocenters. The molecule has 1 amide bonds. The van der Waals surface area contributed by atoms with Crippen LogP contribution in [-0.4, -0.2) is 12.5 Å². The van der Waals surface area contributed by atoms with Gasteiger partial charge in [-0.25, -0.2) is 0 Å². The second-order valence-corrected chi connectivity index (χ2v) is 4.87. The molecule has 2 N–H and O–H groups in total. The average molecular weight is 277 g/mol. The van der Waals surface area contributed by atoms with E-state index < -0.39 is 0 Å². The molecule has 1 aromatic carbocycles. The molecule has 98 valence electrons. The third kappa shape index (κ3) is 2.50. The number of hydrogen-bond donors (Lipinski definition) is 2. The van der Waals surface area contributed by atoms with Gasteiger partial charge in [-0.3, -0.25) is 4.79 Å². The highest BCUT2D eigenvalue weighted by Gasteiger charge is 2.29. The molecular weight excluding hydrogens is 264 g/mol. The first-order valence-electron chi connectivity index (χ1n) is 6.10. The number of carbonyl (C=O) groups excluding carboxylic acids is 1. The van der Waals surface area contributed by atoms with Crippen LogP contribution in [0, 0.1) is 0 Å². The van der Waals surface area contributed by atoms with Crippen LogP contribution < -0.4 is 10.6 Å². The summed E-state index contributed by atoms with van der Waals surface area (Å²) in [6, 6.07) is 8.84. The molecule has 0 saturated heterocycles. The van der Waals surface area contributed by atoms with Gasteiger partial charge < -0.3 is 15.1 Å². The van der Waals surface area contributed by atoms with Gasteiger partial charge in [0.25, 0.3) is 0 Å². The molecule has 0 saturated carbocycles. The van der Waals surface area contributed by atoms with E-state index in [0.717, 1.165) is 23.4 Å². The summed E-state index contributed by atoms with van der Waals surface area (Å²) in [5, 5.41) is 6.69. The molecule has 0 aliphatic carbocycles. The molecule has 5 heteroatoms. The van der Waals surface area contributed by atoms with Crippen molar-refractivity contribution in [1.29, 1.82) is 0 Å². The molecule has 1 aliphatic heterocycles. The predicted octanol–water partition coefficient (Wildman–Crippen LogP) is 2.76. The Balaban J connectivity index is 1.68. The number of benzene rings is 1. The zero-order chi connectivity index (χ0) is 13.2. The molecule has 4 nitrogen and oxygen atoms in total. The van der Waals surface area contributed by atoms with E-state index in [4.69, 9.17) is 16.0 Å². The number of rotatable bonds is 4. The van der Waals surface area contributed by atoms with Crippen molar-refractivity contribution in [3.8, 4) is 0 Å². The highest BCUT2D eigenvalue weighted by atomic mass is 35.5. The second kappa shape index (κ2) is 5.07. The van der Waals surface area contributed by atoms with E-state index in [0.29, 0.717) is 11.6 Å². The fraction of sp³-hybridized carbons (Fsp3) is 0.214. The largest absolute Gasteiger partial charge is 0.469 e. The third-order valence-corrected chi connectivity index (χ3v) is 3.38. The lowest BCUT2D eigenvalue weighted by Crippen LogP contribution is -2.29. The normalized spacial score (nSPS) is 17.3. The van der Waals surface area contributed by atoms with Gasteiger partial charge in [0.2, 0.25) is 5.91 Å². The van der Waals surface area contributed by atoms with Crippen molar-refractivity contribution in [1.82, 2.24) is 5.32 Å². The lowest BCUT2D eigenvalue weighted by atomic mass is 10.1. The zero-order valence-electron chi connectivity index (χ0n) is 10.2. The molecule has 1 aromatic heterocycles. The molecule has 19 heavy (non-hydrogen) atoms. The van der Waals surface area contributed by atoms with E-state index in [-0.39, 0.29) is 11.9 Å². The molecule has 2 aromatic rings. The zero-order valence-corrected chi connectivity index (χ0v) is 10.9. The number of furan rings is 1. The van der Waals surface area contributed by atoms with Crippen molar-refractivity contribution in [2.75, 3.05) is 11.9 Å². The fourth-order valence-corrected chi connectivity index (χ4v) is 2.41. The van der Waals surface area contributed by atoms with Crippen LogP contribution in [-0.2, 0) is 11.2 Å². The molecule has 0 radical (unpaired) electrons. The number of halogens is 1. The molecule has 0 fully saturated rings. The van der Waals surface area contributed by atoms with E-state index in [1.54, 1.807) is 12.3 Å². The van der Waals surface area contributed by atoms with Crippen LogP contribution in [0.2, 0.25) is 5.02 Å². The highest BCUT2D eigenvalue weighted by Crippen LogP contribution is 2.32. The van der Waals surface area contributed by atoms with Crippen molar-refractivity contribution >= 4 is 23.2 Å². The van der Waals surface area contributed by atoms with Crippen molar-refractivity contribution in [2.45, 2.75) is 12.5 Å². The smallest absolute Gasteiger partial charge is 0.246 e. The van der Waals surface area contributed by atoms with E-state index >= 15 is 0 Å². The Morgan fingerprint density at radius 1 is 1.37 bits per heavy atom. The van der Waals surface area contributed by atoms with Crippen LogP contribution >= 0.6 is 11.6 Å². The van der Waals surface area contributed by atoms with Gasteiger partial charge in [-0.2, -0.15) is 0 Å². The van der Waals surface area contributed by atoms with Crippen LogP contribution in [0.1, 0.15) is 17.4 Å². The first kappa shape index (κ1) is 12.3. The number of anilines is 1. The van der Waals surface area contributed by atoms with Crippen LogP contribution in [0.4, 0.5) is 5.69 Å². The number of amides is 1. The summed E-state index contributed by atoms with van der Waals surface area (Å²) in [6.07, 6.45) is 2.39. The summed E-state index contributed by atoms with van der Waals surface area (Å²) in [4.78, 5) is 11.9. The number of fused-ring (bicyclic) bond motifs is 1. The molecule has 0 spiro atoms. The fourth-order valence-electron chi connectivity index (χ4n) is 2.23. The van der Waals surface area contributed by atoms with Crippen molar-refractivity contribution < 1.29 is 9.21 Å². The summed E-state index contributed by atoms with van der Waals surface area (Å²) in [7, 11) is 0. The standard InChI is InChI=1S/C14H13ClN2O2/c15-9-3-4-12-11(8-9)13(14(18)17-12)16-6-5-10-2-1-7-19-10/h1-4,7-8,13,16H,5-6H2,(H,17,18). The predicted molar refractivity (Wildman–Crippen MR) is 73.2 cm³/mol. The van der Waals surface area contributed by atoms with Crippen molar-refractivity contribution in [3.05, 3.63) is 52.9 Å². The van der Waals surface area contributed by atoms with Crippen LogP contribution in [0.25, 0.3) is 0 Å². The van der Waals surface area contributed by atoms with Crippen LogP contribution in [0.5, 0.6) is 0 Å². The Labute approximate surface area is 115 Å². The molecule has 1 aliphatic rings. The minimum absolute atomic E-state index is 0.0447. The maximum absolute atomic E-state index is 11.9. The monoisotopic (exact) mass is 276 g/mol. The SMILES string of the molecule is O=C1Nc2ccc(Cl)cc2C1NCCc1ccco1.